The highest BCUT2D eigenvalue weighted by molar-refractivity contribution is 7.08. The fraction of sp³-hybridized carbons (Fsp3) is 0.278. The molecule has 0 spiro atoms. The van der Waals surface area contributed by atoms with Gasteiger partial charge in [0.1, 0.15) is 12.2 Å². The van der Waals surface area contributed by atoms with Crippen LogP contribution in [0.1, 0.15) is 11.1 Å². The molecule has 0 bridgehead atoms. The third-order valence-corrected chi connectivity index (χ3v) is 5.12. The molecule has 2 atom stereocenters. The number of rotatable bonds is 5. The van der Waals surface area contributed by atoms with Crippen LogP contribution >= 0.6 is 11.3 Å². The molecule has 1 aromatic carbocycles. The average Bonchev–Trinajstić information content (AvgIpc) is 3.12. The normalized spacial score (nSPS) is 20.0. The Morgan fingerprint density at radius 3 is 2.62 bits per heavy atom. The van der Waals surface area contributed by atoms with Crippen molar-refractivity contribution in [1.29, 1.82) is 0 Å². The first-order valence-corrected chi connectivity index (χ1v) is 9.09. The number of nitrogens with zero attached hydrogens (tertiary/aromatic N) is 2. The van der Waals surface area contributed by atoms with Crippen LogP contribution in [0, 0.1) is 0 Å². The van der Waals surface area contributed by atoms with E-state index in [1.807, 2.05) is 47.2 Å². The minimum atomic E-state index is -0.942. The lowest BCUT2D eigenvalue weighted by Crippen LogP contribution is -2.70. The van der Waals surface area contributed by atoms with E-state index in [4.69, 9.17) is 5.73 Å². The van der Waals surface area contributed by atoms with Gasteiger partial charge in [0.2, 0.25) is 5.91 Å². The molecule has 2 unspecified atom stereocenters. The van der Waals surface area contributed by atoms with Gasteiger partial charge in [-0.2, -0.15) is 11.3 Å². The molecular formula is C18H20N4O3S. The lowest BCUT2D eigenvalue weighted by Gasteiger charge is -2.41. The zero-order valence-electron chi connectivity index (χ0n) is 14.3. The van der Waals surface area contributed by atoms with E-state index in [0.29, 0.717) is 0 Å². The predicted octanol–water partition coefficient (Wildman–Crippen LogP) is 1.15. The lowest BCUT2D eigenvalue weighted by atomic mass is 10.1. The van der Waals surface area contributed by atoms with E-state index in [1.165, 1.54) is 28.2 Å². The van der Waals surface area contributed by atoms with Crippen LogP contribution in [0.4, 0.5) is 4.79 Å². The Kier molecular flexibility index (Phi) is 5.34. The van der Waals surface area contributed by atoms with Gasteiger partial charge in [-0.15, -0.1) is 0 Å². The number of urea groups is 1. The smallest absolute Gasteiger partial charge is 0.325 e. The summed E-state index contributed by atoms with van der Waals surface area (Å²) in [5.41, 5.74) is 7.99. The van der Waals surface area contributed by atoms with Gasteiger partial charge in [0.05, 0.1) is 6.42 Å². The second kappa shape index (κ2) is 7.67. The van der Waals surface area contributed by atoms with Crippen LogP contribution in [-0.2, 0) is 22.6 Å². The van der Waals surface area contributed by atoms with Gasteiger partial charge in [0.15, 0.2) is 0 Å². The van der Waals surface area contributed by atoms with E-state index >= 15 is 0 Å². The van der Waals surface area contributed by atoms with E-state index in [9.17, 15) is 14.4 Å². The Morgan fingerprint density at radius 2 is 1.96 bits per heavy atom. The van der Waals surface area contributed by atoms with Crippen molar-refractivity contribution in [3.63, 3.8) is 0 Å². The second-order valence-corrected chi connectivity index (χ2v) is 6.94. The third-order valence-electron chi connectivity index (χ3n) is 4.38. The fourth-order valence-corrected chi connectivity index (χ4v) is 3.59. The van der Waals surface area contributed by atoms with Gasteiger partial charge in [0, 0.05) is 13.6 Å². The summed E-state index contributed by atoms with van der Waals surface area (Å²) in [7, 11) is 1.54. The Bertz CT molecular complexity index is 794. The maximum atomic E-state index is 12.5. The summed E-state index contributed by atoms with van der Waals surface area (Å²) in [6, 6.07) is 9.71. The molecule has 4 amide bonds. The standard InChI is InChI=1S/C18H20N4O3S/c1-21(14(23)9-13-7-8-26-11-13)15-16(19)22(18(25)20-17(15)24)10-12-5-3-2-4-6-12/h2-8,11,15-16H,9-10,19H2,1H3,(H,20,24,25). The molecule has 3 N–H and O–H groups in total. The van der Waals surface area contributed by atoms with E-state index in [-0.39, 0.29) is 18.9 Å². The number of carbonyl (C=O) groups excluding carboxylic acids is 3. The first kappa shape index (κ1) is 18.1. The minimum Gasteiger partial charge on any atom is -0.330 e. The Hall–Kier alpha value is -2.71. The van der Waals surface area contributed by atoms with Gasteiger partial charge < -0.3 is 15.5 Å². The summed E-state index contributed by atoms with van der Waals surface area (Å²) in [4.78, 5) is 39.8. The van der Waals surface area contributed by atoms with Crippen molar-refractivity contribution in [2.45, 2.75) is 25.2 Å². The Balaban J connectivity index is 1.75. The minimum absolute atomic E-state index is 0.184. The molecule has 0 aliphatic carbocycles. The number of imide groups is 1. The summed E-state index contributed by atoms with van der Waals surface area (Å²) >= 11 is 1.50. The van der Waals surface area contributed by atoms with E-state index in [0.717, 1.165) is 11.1 Å². The van der Waals surface area contributed by atoms with Crippen molar-refractivity contribution < 1.29 is 14.4 Å². The first-order chi connectivity index (χ1) is 12.5. The number of benzene rings is 1. The number of nitrogens with one attached hydrogen (secondary N) is 1. The van der Waals surface area contributed by atoms with Crippen molar-refractivity contribution >= 4 is 29.2 Å². The molecule has 1 aromatic heterocycles. The van der Waals surface area contributed by atoms with E-state index in [1.54, 1.807) is 0 Å². The van der Waals surface area contributed by atoms with Gasteiger partial charge >= 0.3 is 6.03 Å². The molecule has 1 fully saturated rings. The molecule has 1 saturated heterocycles. The summed E-state index contributed by atoms with van der Waals surface area (Å²) < 4.78 is 0. The summed E-state index contributed by atoms with van der Waals surface area (Å²) in [6.07, 6.45) is -0.740. The highest BCUT2D eigenvalue weighted by Crippen LogP contribution is 2.17. The van der Waals surface area contributed by atoms with Gasteiger partial charge in [-0.1, -0.05) is 30.3 Å². The highest BCUT2D eigenvalue weighted by Gasteiger charge is 2.42. The molecule has 7 nitrogen and oxygen atoms in total. The SMILES string of the molecule is CN(C(=O)Cc1ccsc1)C1C(=O)NC(=O)N(Cc2ccccc2)C1N. The van der Waals surface area contributed by atoms with E-state index < -0.39 is 24.1 Å². The molecule has 136 valence electrons. The molecule has 0 radical (unpaired) electrons. The quantitative estimate of drug-likeness (QED) is 0.823. The van der Waals surface area contributed by atoms with Crippen molar-refractivity contribution in [3.8, 4) is 0 Å². The zero-order valence-corrected chi connectivity index (χ0v) is 15.1. The molecule has 1 aliphatic rings. The van der Waals surface area contributed by atoms with Crippen LogP contribution in [0.5, 0.6) is 0 Å². The average molecular weight is 372 g/mol. The maximum Gasteiger partial charge on any atom is 0.325 e. The number of hydrogen-bond donors (Lipinski definition) is 2. The predicted molar refractivity (Wildman–Crippen MR) is 98.1 cm³/mol. The topological polar surface area (TPSA) is 95.7 Å². The van der Waals surface area contributed by atoms with Gasteiger partial charge in [-0.05, 0) is 28.0 Å². The van der Waals surface area contributed by atoms with Crippen molar-refractivity contribution in [2.24, 2.45) is 5.73 Å². The van der Waals surface area contributed by atoms with Crippen LogP contribution < -0.4 is 11.1 Å². The van der Waals surface area contributed by atoms with Crippen molar-refractivity contribution in [3.05, 3.63) is 58.3 Å². The van der Waals surface area contributed by atoms with Gasteiger partial charge in [0.25, 0.3) is 5.91 Å². The van der Waals surface area contributed by atoms with Crippen LogP contribution in [0.3, 0.4) is 0 Å². The number of thiophene rings is 1. The summed E-state index contributed by atoms with van der Waals surface area (Å²) in [6.45, 7) is 0.254. The molecule has 0 saturated carbocycles. The maximum absolute atomic E-state index is 12.5. The van der Waals surface area contributed by atoms with Crippen molar-refractivity contribution in [2.75, 3.05) is 7.05 Å². The molecule has 3 rings (SSSR count). The molecule has 2 aromatic rings. The van der Waals surface area contributed by atoms with Crippen LogP contribution in [0.25, 0.3) is 0 Å². The zero-order chi connectivity index (χ0) is 18.7. The highest BCUT2D eigenvalue weighted by atomic mass is 32.1. The van der Waals surface area contributed by atoms with Gasteiger partial charge in [-0.3, -0.25) is 14.9 Å². The lowest BCUT2D eigenvalue weighted by molar-refractivity contribution is -0.142. The molecular weight excluding hydrogens is 352 g/mol. The molecule has 8 heteroatoms. The summed E-state index contributed by atoms with van der Waals surface area (Å²) in [5.74, 6) is -0.791. The fourth-order valence-electron chi connectivity index (χ4n) is 2.92. The molecule has 2 heterocycles. The number of hydrogen-bond acceptors (Lipinski definition) is 5. The van der Waals surface area contributed by atoms with Gasteiger partial charge in [-0.25, -0.2) is 4.79 Å². The largest absolute Gasteiger partial charge is 0.330 e. The van der Waals surface area contributed by atoms with Crippen molar-refractivity contribution in [1.82, 2.24) is 15.1 Å². The Labute approximate surface area is 155 Å². The molecule has 26 heavy (non-hydrogen) atoms. The number of carbonyl (C=O) groups is 3. The van der Waals surface area contributed by atoms with Crippen LogP contribution in [0.2, 0.25) is 0 Å². The third kappa shape index (κ3) is 3.76. The first-order valence-electron chi connectivity index (χ1n) is 8.15. The number of likely N-dealkylation sites (N-methyl/N-ethyl adjacent to an activating group) is 1. The number of amides is 4. The Morgan fingerprint density at radius 1 is 1.23 bits per heavy atom. The number of nitrogens with two attached hydrogens (primary N) is 1. The van der Waals surface area contributed by atoms with Crippen LogP contribution in [0.15, 0.2) is 47.2 Å². The molecule has 1 aliphatic heterocycles. The monoisotopic (exact) mass is 372 g/mol. The summed E-state index contributed by atoms with van der Waals surface area (Å²) in [5, 5.41) is 6.08. The van der Waals surface area contributed by atoms with E-state index in [2.05, 4.69) is 5.32 Å². The van der Waals surface area contributed by atoms with Crippen LogP contribution in [-0.4, -0.2) is 46.9 Å². The second-order valence-electron chi connectivity index (χ2n) is 6.16.